The summed E-state index contributed by atoms with van der Waals surface area (Å²) >= 11 is 0. The normalized spacial score (nSPS) is 18.8. The van der Waals surface area contributed by atoms with Gasteiger partial charge in [-0.3, -0.25) is 0 Å². The molecule has 0 spiro atoms. The molecule has 6 nitrogen and oxygen atoms in total. The number of hydrogen-bond donors (Lipinski definition) is 1. The van der Waals surface area contributed by atoms with Crippen LogP contribution in [0.25, 0.3) is 0 Å². The average Bonchev–Trinajstić information content (AvgIpc) is 2.52. The highest BCUT2D eigenvalue weighted by Crippen LogP contribution is 2.30. The van der Waals surface area contributed by atoms with Gasteiger partial charge in [-0.25, -0.2) is 4.98 Å². The maximum atomic E-state index is 6.17. The molecule has 2 N–H and O–H groups in total. The Hall–Kier alpha value is -1.56. The van der Waals surface area contributed by atoms with Gasteiger partial charge in [-0.2, -0.15) is 4.98 Å². The third-order valence-corrected chi connectivity index (χ3v) is 3.50. The molecule has 0 radical (unpaired) electrons. The minimum atomic E-state index is 0.257. The largest absolute Gasteiger partial charge is 0.476 e. The predicted molar refractivity (Wildman–Crippen MR) is 83.7 cm³/mol. The summed E-state index contributed by atoms with van der Waals surface area (Å²) in [6.45, 7) is 7.37. The van der Waals surface area contributed by atoms with Crippen molar-refractivity contribution in [1.29, 1.82) is 0 Å². The van der Waals surface area contributed by atoms with E-state index in [2.05, 4.69) is 28.7 Å². The van der Waals surface area contributed by atoms with Gasteiger partial charge in [0.15, 0.2) is 5.82 Å². The first-order chi connectivity index (χ1) is 10.3. The molecule has 2 rings (SSSR count). The van der Waals surface area contributed by atoms with Crippen molar-refractivity contribution in [1.82, 2.24) is 9.97 Å². The number of anilines is 2. The molecule has 1 unspecified atom stereocenters. The highest BCUT2D eigenvalue weighted by molar-refractivity contribution is 5.67. The molecule has 1 atom stereocenters. The third kappa shape index (κ3) is 4.20. The molecule has 1 aromatic heterocycles. The van der Waals surface area contributed by atoms with Gasteiger partial charge >= 0.3 is 0 Å². The lowest BCUT2D eigenvalue weighted by molar-refractivity contribution is 0.0439. The average molecular weight is 294 g/mol. The maximum Gasteiger partial charge on any atom is 0.242 e. The zero-order chi connectivity index (χ0) is 15.1. The lowest BCUT2D eigenvalue weighted by Crippen LogP contribution is -2.40. The first-order valence-corrected chi connectivity index (χ1v) is 7.86. The monoisotopic (exact) mass is 294 g/mol. The summed E-state index contributed by atoms with van der Waals surface area (Å²) in [6.07, 6.45) is 5.93. The first kappa shape index (κ1) is 15.8. The van der Waals surface area contributed by atoms with E-state index in [0.717, 1.165) is 51.2 Å². The second kappa shape index (κ2) is 8.02. The Labute approximate surface area is 126 Å². The van der Waals surface area contributed by atoms with Crippen molar-refractivity contribution >= 4 is 11.5 Å². The quantitative estimate of drug-likeness (QED) is 0.831. The van der Waals surface area contributed by atoms with Gasteiger partial charge < -0.3 is 20.1 Å². The minimum Gasteiger partial charge on any atom is -0.476 e. The van der Waals surface area contributed by atoms with E-state index >= 15 is 0 Å². The predicted octanol–water partition coefficient (Wildman–Crippen LogP) is 2.24. The standard InChI is InChI=1S/C15H26N4O2/c1-3-8-20-12-6-5-7-19(10-12)14-13(16)15(18-11-17-14)21-9-4-2/h11-12H,3-10,16H2,1-2H3. The van der Waals surface area contributed by atoms with E-state index in [1.165, 1.54) is 6.33 Å². The summed E-state index contributed by atoms with van der Waals surface area (Å²) in [4.78, 5) is 10.6. The molecule has 1 aromatic rings. The van der Waals surface area contributed by atoms with Crippen molar-refractivity contribution in [3.63, 3.8) is 0 Å². The lowest BCUT2D eigenvalue weighted by Gasteiger charge is -2.34. The summed E-state index contributed by atoms with van der Waals surface area (Å²) in [6, 6.07) is 0. The Morgan fingerprint density at radius 2 is 2.10 bits per heavy atom. The number of piperidine rings is 1. The van der Waals surface area contributed by atoms with Crippen molar-refractivity contribution in [2.45, 2.75) is 45.6 Å². The molecule has 0 amide bonds. The molecule has 1 aliphatic heterocycles. The van der Waals surface area contributed by atoms with Crippen LogP contribution in [0.1, 0.15) is 39.5 Å². The van der Waals surface area contributed by atoms with Crippen LogP contribution in [0.5, 0.6) is 5.88 Å². The lowest BCUT2D eigenvalue weighted by atomic mass is 10.1. The summed E-state index contributed by atoms with van der Waals surface area (Å²) in [5, 5.41) is 0. The van der Waals surface area contributed by atoms with E-state index in [4.69, 9.17) is 15.2 Å². The van der Waals surface area contributed by atoms with E-state index in [9.17, 15) is 0 Å². The fraction of sp³-hybridized carbons (Fsp3) is 0.733. The van der Waals surface area contributed by atoms with Crippen molar-refractivity contribution in [2.75, 3.05) is 36.9 Å². The summed E-state index contributed by atoms with van der Waals surface area (Å²) in [5.74, 6) is 1.25. The van der Waals surface area contributed by atoms with Gasteiger partial charge in [0, 0.05) is 19.7 Å². The summed E-state index contributed by atoms with van der Waals surface area (Å²) in [7, 11) is 0. The maximum absolute atomic E-state index is 6.17. The molecule has 0 saturated carbocycles. The van der Waals surface area contributed by atoms with Gasteiger partial charge in [0.25, 0.3) is 0 Å². The zero-order valence-corrected chi connectivity index (χ0v) is 13.0. The summed E-state index contributed by atoms with van der Waals surface area (Å²) in [5.41, 5.74) is 6.70. The Bertz CT molecular complexity index is 442. The highest BCUT2D eigenvalue weighted by atomic mass is 16.5. The number of nitrogens with two attached hydrogens (primary N) is 1. The molecule has 6 heteroatoms. The zero-order valence-electron chi connectivity index (χ0n) is 13.0. The highest BCUT2D eigenvalue weighted by Gasteiger charge is 2.24. The van der Waals surface area contributed by atoms with Crippen molar-refractivity contribution in [3.05, 3.63) is 6.33 Å². The molecule has 1 saturated heterocycles. The van der Waals surface area contributed by atoms with Gasteiger partial charge in [0.2, 0.25) is 5.88 Å². The number of rotatable bonds is 7. The van der Waals surface area contributed by atoms with Crippen LogP contribution in [-0.2, 0) is 4.74 Å². The van der Waals surface area contributed by atoms with E-state index in [1.54, 1.807) is 0 Å². The molecule has 0 bridgehead atoms. The van der Waals surface area contributed by atoms with E-state index in [-0.39, 0.29) is 6.10 Å². The second-order valence-electron chi connectivity index (χ2n) is 5.35. The topological polar surface area (TPSA) is 73.5 Å². The van der Waals surface area contributed by atoms with Crippen LogP contribution >= 0.6 is 0 Å². The van der Waals surface area contributed by atoms with Gasteiger partial charge in [-0.1, -0.05) is 13.8 Å². The molecule has 1 aliphatic rings. The van der Waals surface area contributed by atoms with Crippen LogP contribution in [0.3, 0.4) is 0 Å². The molecular weight excluding hydrogens is 268 g/mol. The van der Waals surface area contributed by atoms with Crippen molar-refractivity contribution in [2.24, 2.45) is 0 Å². The Morgan fingerprint density at radius 3 is 2.86 bits per heavy atom. The molecule has 2 heterocycles. The van der Waals surface area contributed by atoms with Crippen LogP contribution < -0.4 is 15.4 Å². The van der Waals surface area contributed by atoms with E-state index in [1.807, 2.05) is 0 Å². The van der Waals surface area contributed by atoms with Crippen molar-refractivity contribution < 1.29 is 9.47 Å². The molecular formula is C15H26N4O2. The van der Waals surface area contributed by atoms with Crippen molar-refractivity contribution in [3.8, 4) is 5.88 Å². The van der Waals surface area contributed by atoms with Gasteiger partial charge in [-0.15, -0.1) is 0 Å². The summed E-state index contributed by atoms with van der Waals surface area (Å²) < 4.78 is 11.4. The van der Waals surface area contributed by atoms with Crippen LogP contribution in [-0.4, -0.2) is 42.4 Å². The van der Waals surface area contributed by atoms with E-state index in [0.29, 0.717) is 18.2 Å². The fourth-order valence-corrected chi connectivity index (χ4v) is 2.49. The van der Waals surface area contributed by atoms with Crippen LogP contribution in [0.4, 0.5) is 11.5 Å². The van der Waals surface area contributed by atoms with E-state index < -0.39 is 0 Å². The second-order valence-corrected chi connectivity index (χ2v) is 5.35. The molecule has 1 fully saturated rings. The minimum absolute atomic E-state index is 0.257. The molecule has 0 aliphatic carbocycles. The SMILES string of the molecule is CCCOc1ncnc(N2CCCC(OCCC)C2)c1N. The molecule has 0 aromatic carbocycles. The van der Waals surface area contributed by atoms with Crippen LogP contribution in [0, 0.1) is 0 Å². The Morgan fingerprint density at radius 1 is 1.29 bits per heavy atom. The first-order valence-electron chi connectivity index (χ1n) is 7.86. The Balaban J connectivity index is 2.06. The molecule has 21 heavy (non-hydrogen) atoms. The molecule has 118 valence electrons. The fourth-order valence-electron chi connectivity index (χ4n) is 2.49. The number of ether oxygens (including phenoxy) is 2. The number of nitrogens with zero attached hydrogens (tertiary/aromatic N) is 3. The van der Waals surface area contributed by atoms with Crippen LogP contribution in [0.2, 0.25) is 0 Å². The van der Waals surface area contributed by atoms with Gasteiger partial charge in [-0.05, 0) is 25.7 Å². The smallest absolute Gasteiger partial charge is 0.242 e. The van der Waals surface area contributed by atoms with Gasteiger partial charge in [0.1, 0.15) is 12.0 Å². The Kier molecular flexibility index (Phi) is 6.04. The number of hydrogen-bond acceptors (Lipinski definition) is 6. The number of aromatic nitrogens is 2. The van der Waals surface area contributed by atoms with Crippen LogP contribution in [0.15, 0.2) is 6.33 Å². The third-order valence-electron chi connectivity index (χ3n) is 3.50. The number of nitrogen functional groups attached to an aromatic ring is 1. The van der Waals surface area contributed by atoms with Gasteiger partial charge in [0.05, 0.1) is 12.7 Å².